The van der Waals surface area contributed by atoms with Crippen LogP contribution in [0.25, 0.3) is 6.08 Å². The van der Waals surface area contributed by atoms with E-state index in [0.29, 0.717) is 24.9 Å². The number of carbonyl (C=O) groups excluding carboxylic acids is 3. The fourth-order valence-electron chi connectivity index (χ4n) is 5.56. The van der Waals surface area contributed by atoms with Gasteiger partial charge in [-0.05, 0) is 66.6 Å². The summed E-state index contributed by atoms with van der Waals surface area (Å²) in [5.74, 6) is -2.95. The Balaban J connectivity index is 1.49. The number of nitrogens with zero attached hydrogens (tertiary/aromatic N) is 2. The van der Waals surface area contributed by atoms with Gasteiger partial charge in [-0.1, -0.05) is 39.0 Å². The van der Waals surface area contributed by atoms with Gasteiger partial charge in [-0.25, -0.2) is 4.79 Å². The number of aliphatic hydroxyl groups excluding tert-OH is 2. The Hall–Kier alpha value is -4.26. The fourth-order valence-corrected chi connectivity index (χ4v) is 5.56. The van der Waals surface area contributed by atoms with E-state index in [2.05, 4.69) is 5.32 Å². The molecule has 0 bridgehead atoms. The molecule has 2 unspecified atom stereocenters. The van der Waals surface area contributed by atoms with Gasteiger partial charge >= 0.3 is 5.97 Å². The lowest BCUT2D eigenvalue weighted by Gasteiger charge is -2.36. The van der Waals surface area contributed by atoms with Crippen LogP contribution < -0.4 is 15.0 Å². The van der Waals surface area contributed by atoms with E-state index in [-0.39, 0.29) is 23.1 Å². The Bertz CT molecular complexity index is 1480. The van der Waals surface area contributed by atoms with Crippen LogP contribution in [0, 0.1) is 12.3 Å². The highest BCUT2D eigenvalue weighted by molar-refractivity contribution is 6.01. The van der Waals surface area contributed by atoms with Crippen molar-refractivity contribution in [2.24, 2.45) is 5.41 Å². The van der Waals surface area contributed by atoms with Gasteiger partial charge in [0.2, 0.25) is 24.0 Å². The number of carboxylic acid groups (broad SMARTS) is 1. The monoisotopic (exact) mass is 609 g/mol. The summed E-state index contributed by atoms with van der Waals surface area (Å²) in [5.41, 5.74) is -1.26. The van der Waals surface area contributed by atoms with E-state index in [0.717, 1.165) is 11.3 Å². The molecular weight excluding hydrogens is 570 g/mol. The zero-order valence-electron chi connectivity index (χ0n) is 25.4. The highest BCUT2D eigenvalue weighted by atomic mass is 16.6. The van der Waals surface area contributed by atoms with Crippen LogP contribution in [-0.2, 0) is 19.2 Å². The number of hydrogen-bond acceptors (Lipinski definition) is 8. The Morgan fingerprint density at radius 1 is 1.14 bits per heavy atom. The molecule has 2 aliphatic rings. The second-order valence-corrected chi connectivity index (χ2v) is 12.3. The molecule has 2 aromatic rings. The number of aliphatic carboxylic acids is 1. The van der Waals surface area contributed by atoms with E-state index in [1.165, 1.54) is 30.4 Å². The summed E-state index contributed by atoms with van der Waals surface area (Å²) in [6.07, 6.45) is -0.635. The van der Waals surface area contributed by atoms with Crippen molar-refractivity contribution in [2.45, 2.75) is 70.6 Å². The number of hydrogen-bond donors (Lipinski definition) is 5. The minimum absolute atomic E-state index is 0.00572. The zero-order chi connectivity index (χ0) is 32.6. The van der Waals surface area contributed by atoms with Gasteiger partial charge in [0, 0.05) is 30.9 Å². The van der Waals surface area contributed by atoms with Crippen LogP contribution in [0.5, 0.6) is 5.75 Å². The molecule has 2 heterocycles. The van der Waals surface area contributed by atoms with Crippen molar-refractivity contribution >= 4 is 35.5 Å². The quantitative estimate of drug-likeness (QED) is 0.220. The van der Waals surface area contributed by atoms with Crippen molar-refractivity contribution in [3.63, 3.8) is 0 Å². The summed E-state index contributed by atoms with van der Waals surface area (Å²) in [4.78, 5) is 55.2. The van der Waals surface area contributed by atoms with Crippen LogP contribution in [0.3, 0.4) is 0 Å². The number of carbonyl (C=O) groups is 4. The Morgan fingerprint density at radius 3 is 2.45 bits per heavy atom. The molecule has 4 atom stereocenters. The van der Waals surface area contributed by atoms with Gasteiger partial charge < -0.3 is 40.3 Å². The molecule has 1 fully saturated rings. The summed E-state index contributed by atoms with van der Waals surface area (Å²) < 4.78 is 5.22. The average molecular weight is 610 g/mol. The van der Waals surface area contributed by atoms with Crippen LogP contribution in [0.15, 0.2) is 48.5 Å². The van der Waals surface area contributed by atoms with Crippen molar-refractivity contribution in [1.82, 2.24) is 10.2 Å². The van der Waals surface area contributed by atoms with Crippen molar-refractivity contribution in [3.8, 4) is 5.75 Å². The number of aliphatic hydroxyl groups is 3. The van der Waals surface area contributed by atoms with Gasteiger partial charge in [-0.2, -0.15) is 0 Å². The lowest BCUT2D eigenvalue weighted by Crippen LogP contribution is -2.57. The van der Waals surface area contributed by atoms with E-state index in [4.69, 9.17) is 4.74 Å². The second-order valence-electron chi connectivity index (χ2n) is 12.3. The maximum atomic E-state index is 13.9. The van der Waals surface area contributed by atoms with E-state index in [1.807, 2.05) is 52.0 Å². The molecule has 2 aliphatic heterocycles. The smallest absolute Gasteiger partial charge is 0.356 e. The number of fused-ring (bicyclic) bond motifs is 1. The minimum atomic E-state index is -2.69. The SMILES string of the molecule is Cc1cccc(N(C)C(=O)[C@@H]2CCCN2C(=O)[C@@H](NC(=O)/C=C/c2ccc3c(c2)C(O)C(C(=O)O)(C(O)O)O3)C(C)(C)C)c1. The number of rotatable bonds is 8. The number of aryl methyl sites for hydroxylation is 1. The van der Waals surface area contributed by atoms with E-state index < -0.39 is 47.4 Å². The molecule has 4 rings (SSSR count). The van der Waals surface area contributed by atoms with Gasteiger partial charge in [0.15, 0.2) is 0 Å². The van der Waals surface area contributed by atoms with Crippen LogP contribution in [0.2, 0.25) is 0 Å². The largest absolute Gasteiger partial charge is 0.478 e. The lowest BCUT2D eigenvalue weighted by molar-refractivity contribution is -0.216. The summed E-state index contributed by atoms with van der Waals surface area (Å²) >= 11 is 0. The average Bonchev–Trinajstić information content (AvgIpc) is 3.56. The molecule has 0 saturated carbocycles. The molecule has 0 radical (unpaired) electrons. The normalized spacial score (nSPS) is 22.1. The Labute approximate surface area is 255 Å². The first-order valence-electron chi connectivity index (χ1n) is 14.3. The summed E-state index contributed by atoms with van der Waals surface area (Å²) in [6, 6.07) is 10.1. The molecule has 0 aliphatic carbocycles. The van der Waals surface area contributed by atoms with E-state index >= 15 is 0 Å². The Morgan fingerprint density at radius 2 is 1.84 bits per heavy atom. The number of carboxylic acids is 1. The number of benzene rings is 2. The first-order valence-corrected chi connectivity index (χ1v) is 14.3. The molecule has 1 saturated heterocycles. The van der Waals surface area contributed by atoms with Crippen LogP contribution in [0.4, 0.5) is 5.69 Å². The summed E-state index contributed by atoms with van der Waals surface area (Å²) in [5, 5.41) is 42.1. The maximum absolute atomic E-state index is 13.9. The van der Waals surface area contributed by atoms with Crippen molar-refractivity contribution in [2.75, 3.05) is 18.5 Å². The number of ether oxygens (including phenoxy) is 1. The van der Waals surface area contributed by atoms with Crippen molar-refractivity contribution in [1.29, 1.82) is 0 Å². The zero-order valence-corrected chi connectivity index (χ0v) is 25.4. The summed E-state index contributed by atoms with van der Waals surface area (Å²) in [7, 11) is 1.68. The highest BCUT2D eigenvalue weighted by Gasteiger charge is 2.59. The third-order valence-electron chi connectivity index (χ3n) is 8.10. The van der Waals surface area contributed by atoms with Gasteiger partial charge in [-0.3, -0.25) is 14.4 Å². The third-order valence-corrected chi connectivity index (χ3v) is 8.10. The first kappa shape index (κ1) is 32.6. The molecule has 0 spiro atoms. The molecule has 0 aromatic heterocycles. The first-order chi connectivity index (χ1) is 20.6. The molecule has 3 amide bonds. The van der Waals surface area contributed by atoms with Crippen LogP contribution in [0.1, 0.15) is 56.4 Å². The second kappa shape index (κ2) is 12.4. The molecule has 5 N–H and O–H groups in total. The molecule has 236 valence electrons. The molecule has 12 nitrogen and oxygen atoms in total. The van der Waals surface area contributed by atoms with Gasteiger partial charge in [0.25, 0.3) is 5.60 Å². The van der Waals surface area contributed by atoms with Crippen LogP contribution in [-0.4, -0.2) is 86.6 Å². The fraction of sp³-hybridized carbons (Fsp3) is 0.438. The van der Waals surface area contributed by atoms with Crippen molar-refractivity contribution < 1.29 is 44.3 Å². The van der Waals surface area contributed by atoms with E-state index in [1.54, 1.807) is 16.8 Å². The predicted molar refractivity (Wildman–Crippen MR) is 160 cm³/mol. The molecular formula is C32H39N3O9. The lowest BCUT2D eigenvalue weighted by atomic mass is 9.85. The molecule has 44 heavy (non-hydrogen) atoms. The number of likely N-dealkylation sites (N-methyl/N-ethyl adjacent to an activating group) is 1. The molecule has 12 heteroatoms. The summed E-state index contributed by atoms with van der Waals surface area (Å²) in [6.45, 7) is 7.77. The number of nitrogens with one attached hydrogen (secondary N) is 1. The number of anilines is 1. The van der Waals surface area contributed by atoms with Crippen LogP contribution >= 0.6 is 0 Å². The number of likely N-dealkylation sites (tertiary alicyclic amines) is 1. The van der Waals surface area contributed by atoms with Gasteiger partial charge in [-0.15, -0.1) is 0 Å². The predicted octanol–water partition coefficient (Wildman–Crippen LogP) is 1.75. The Kier molecular flexibility index (Phi) is 9.19. The third kappa shape index (κ3) is 6.19. The molecule has 2 aromatic carbocycles. The van der Waals surface area contributed by atoms with Crippen molar-refractivity contribution in [3.05, 3.63) is 65.2 Å². The maximum Gasteiger partial charge on any atom is 0.356 e. The highest BCUT2D eigenvalue weighted by Crippen LogP contribution is 2.45. The minimum Gasteiger partial charge on any atom is -0.478 e. The topological polar surface area (TPSA) is 177 Å². The van der Waals surface area contributed by atoms with E-state index in [9.17, 15) is 39.6 Å². The number of amides is 3. The van der Waals surface area contributed by atoms with Gasteiger partial charge in [0.05, 0.1) is 0 Å². The van der Waals surface area contributed by atoms with Gasteiger partial charge in [0.1, 0.15) is 23.9 Å². The standard InChI is InChI=1S/C32H39N3O9/c1-18-8-6-9-20(16-18)34(5)27(38)22-10-7-15-35(22)28(39)25(31(2,3)4)33-24(36)14-12-19-11-13-23-21(17-19)26(37)32(44-23,29(40)41)30(42)43/h6,8-9,11-14,16-17,22,25-26,29,37,40-41H,7,10,15H2,1-5H3,(H,33,36)(H,42,43)/b14-12+/t22-,25+,26?,32?/m0/s1.